The summed E-state index contributed by atoms with van der Waals surface area (Å²) in [7, 11) is -3.58. The lowest BCUT2D eigenvalue weighted by atomic mass is 10.3. The highest BCUT2D eigenvalue weighted by atomic mass is 35.5. The summed E-state index contributed by atoms with van der Waals surface area (Å²) < 4.78 is 24.6. The first-order valence-electron chi connectivity index (χ1n) is 5.57. The number of ketones is 1. The first-order chi connectivity index (χ1) is 8.95. The Hall–Kier alpha value is -1.17. The highest BCUT2D eigenvalue weighted by Crippen LogP contribution is 2.27. The average Bonchev–Trinajstić information content (AvgIpc) is 2.88. The maximum Gasteiger partial charge on any atom is 0.207 e. The van der Waals surface area contributed by atoms with Crippen molar-refractivity contribution < 1.29 is 13.2 Å². The number of carbonyl (C=O) groups is 1. The van der Waals surface area contributed by atoms with Crippen LogP contribution in [0.3, 0.4) is 0 Å². The van der Waals surface area contributed by atoms with Gasteiger partial charge in [0.2, 0.25) is 9.84 Å². The number of sulfone groups is 1. The molecule has 0 aliphatic heterocycles. The number of thiophene rings is 1. The van der Waals surface area contributed by atoms with Gasteiger partial charge in [0, 0.05) is 16.8 Å². The van der Waals surface area contributed by atoms with Gasteiger partial charge >= 0.3 is 0 Å². The van der Waals surface area contributed by atoms with Crippen molar-refractivity contribution in [3.05, 3.63) is 45.6 Å². The molecule has 19 heavy (non-hydrogen) atoms. The molecule has 0 amide bonds. The third kappa shape index (κ3) is 2.88. The molecule has 2 rings (SSSR count). The molecule has 1 aromatic carbocycles. The van der Waals surface area contributed by atoms with Crippen molar-refractivity contribution >= 4 is 38.6 Å². The van der Waals surface area contributed by atoms with Crippen molar-refractivity contribution in [1.82, 2.24) is 0 Å². The first-order valence-corrected chi connectivity index (χ1v) is 8.31. The molecule has 0 aliphatic carbocycles. The van der Waals surface area contributed by atoms with E-state index >= 15 is 0 Å². The van der Waals surface area contributed by atoms with Crippen LogP contribution in [-0.4, -0.2) is 14.2 Å². The maximum atomic E-state index is 12.3. The number of rotatable bonds is 4. The van der Waals surface area contributed by atoms with Gasteiger partial charge in [-0.1, -0.05) is 18.5 Å². The molecular formula is C13H11ClO3S2. The van der Waals surface area contributed by atoms with Crippen molar-refractivity contribution in [1.29, 1.82) is 0 Å². The molecule has 1 heterocycles. The summed E-state index contributed by atoms with van der Waals surface area (Å²) in [5, 5.41) is 1.97. The largest absolute Gasteiger partial charge is 0.293 e. The van der Waals surface area contributed by atoms with Gasteiger partial charge in [-0.25, -0.2) is 8.42 Å². The molecule has 0 fully saturated rings. The molecule has 0 spiro atoms. The van der Waals surface area contributed by atoms with E-state index in [1.165, 1.54) is 35.7 Å². The van der Waals surface area contributed by atoms with Gasteiger partial charge in [-0.05, 0) is 30.3 Å². The lowest BCUT2D eigenvalue weighted by Crippen LogP contribution is -2.00. The average molecular weight is 315 g/mol. The number of benzene rings is 1. The van der Waals surface area contributed by atoms with Crippen molar-refractivity contribution in [3.8, 4) is 0 Å². The second-order valence-corrected chi connectivity index (χ2v) is 7.18. The minimum absolute atomic E-state index is 0.0532. The molecule has 0 bridgehead atoms. The molecular weight excluding hydrogens is 304 g/mol. The third-order valence-corrected chi connectivity index (χ3v) is 5.73. The van der Waals surface area contributed by atoms with Crippen LogP contribution in [0.5, 0.6) is 0 Å². The Morgan fingerprint density at radius 1 is 1.21 bits per heavy atom. The van der Waals surface area contributed by atoms with Crippen LogP contribution >= 0.6 is 22.9 Å². The van der Waals surface area contributed by atoms with Crippen LogP contribution in [0.15, 0.2) is 45.5 Å². The van der Waals surface area contributed by atoms with Gasteiger partial charge in [0.15, 0.2) is 5.78 Å². The predicted octanol–water partition coefficient (Wildman–Crippen LogP) is 3.83. The zero-order chi connectivity index (χ0) is 14.0. The van der Waals surface area contributed by atoms with Crippen LogP contribution in [0.4, 0.5) is 0 Å². The molecule has 0 saturated heterocycles. The SMILES string of the molecule is CCC(=O)c1cc(S(=O)(=O)c2ccc(Cl)cc2)cs1. The lowest BCUT2D eigenvalue weighted by Gasteiger charge is -2.01. The second-order valence-electron chi connectivity index (χ2n) is 3.88. The summed E-state index contributed by atoms with van der Waals surface area (Å²) in [6, 6.07) is 7.39. The van der Waals surface area contributed by atoms with Crippen molar-refractivity contribution in [2.45, 2.75) is 23.1 Å². The van der Waals surface area contributed by atoms with Gasteiger partial charge in [-0.2, -0.15) is 0 Å². The molecule has 0 saturated carbocycles. The van der Waals surface area contributed by atoms with E-state index in [0.29, 0.717) is 16.3 Å². The molecule has 3 nitrogen and oxygen atoms in total. The van der Waals surface area contributed by atoms with Gasteiger partial charge < -0.3 is 0 Å². The summed E-state index contributed by atoms with van der Waals surface area (Å²) in [6.07, 6.45) is 0.362. The van der Waals surface area contributed by atoms with Crippen LogP contribution in [0.25, 0.3) is 0 Å². The van der Waals surface area contributed by atoms with Crippen molar-refractivity contribution in [2.75, 3.05) is 0 Å². The van der Waals surface area contributed by atoms with Gasteiger partial charge in [0.25, 0.3) is 0 Å². The van der Waals surface area contributed by atoms with E-state index in [4.69, 9.17) is 11.6 Å². The van der Waals surface area contributed by atoms with E-state index in [-0.39, 0.29) is 15.6 Å². The quantitative estimate of drug-likeness (QED) is 0.806. The molecule has 2 aromatic rings. The number of Topliss-reactive ketones (excluding diaryl/α,β-unsaturated/α-hetero) is 1. The molecule has 0 unspecified atom stereocenters. The Balaban J connectivity index is 2.42. The second kappa shape index (κ2) is 5.45. The molecule has 0 N–H and O–H groups in total. The minimum Gasteiger partial charge on any atom is -0.293 e. The Morgan fingerprint density at radius 2 is 1.84 bits per heavy atom. The Labute approximate surface area is 120 Å². The Kier molecular flexibility index (Phi) is 4.08. The zero-order valence-corrected chi connectivity index (χ0v) is 12.5. The fraction of sp³-hybridized carbons (Fsp3) is 0.154. The fourth-order valence-corrected chi connectivity index (χ4v) is 4.20. The number of halogens is 1. The normalized spacial score (nSPS) is 11.5. The van der Waals surface area contributed by atoms with E-state index in [9.17, 15) is 13.2 Å². The van der Waals surface area contributed by atoms with Gasteiger partial charge in [0.1, 0.15) is 0 Å². The van der Waals surface area contributed by atoms with Crippen LogP contribution in [0.2, 0.25) is 5.02 Å². The summed E-state index contributed by atoms with van der Waals surface area (Å²) in [5.41, 5.74) is 0. The van der Waals surface area contributed by atoms with E-state index < -0.39 is 9.84 Å². The smallest absolute Gasteiger partial charge is 0.207 e. The monoisotopic (exact) mass is 314 g/mol. The molecule has 0 atom stereocenters. The van der Waals surface area contributed by atoms with Crippen molar-refractivity contribution in [3.63, 3.8) is 0 Å². The highest BCUT2D eigenvalue weighted by molar-refractivity contribution is 7.91. The van der Waals surface area contributed by atoms with Crippen LogP contribution in [0.1, 0.15) is 23.0 Å². The van der Waals surface area contributed by atoms with E-state index in [1.807, 2.05) is 0 Å². The summed E-state index contributed by atoms with van der Waals surface area (Å²) in [6.45, 7) is 1.75. The molecule has 1 aromatic heterocycles. The van der Waals surface area contributed by atoms with Crippen LogP contribution in [-0.2, 0) is 9.84 Å². The van der Waals surface area contributed by atoms with Crippen LogP contribution in [0, 0.1) is 0 Å². The molecule has 6 heteroatoms. The highest BCUT2D eigenvalue weighted by Gasteiger charge is 2.20. The Morgan fingerprint density at radius 3 is 2.42 bits per heavy atom. The standard InChI is InChI=1S/C13H11ClO3S2/c1-2-12(15)13-7-11(8-18-13)19(16,17)10-5-3-9(14)4-6-10/h3-8H,2H2,1H3. The maximum absolute atomic E-state index is 12.3. The van der Waals surface area contributed by atoms with E-state index in [2.05, 4.69) is 0 Å². The summed E-state index contributed by atoms with van der Waals surface area (Å²) in [4.78, 5) is 12.3. The van der Waals surface area contributed by atoms with E-state index in [1.54, 1.807) is 6.92 Å². The summed E-state index contributed by atoms with van der Waals surface area (Å²) >= 11 is 6.89. The number of hydrogen-bond donors (Lipinski definition) is 0. The molecule has 100 valence electrons. The zero-order valence-electron chi connectivity index (χ0n) is 10.1. The minimum atomic E-state index is -3.58. The molecule has 0 radical (unpaired) electrons. The Bertz CT molecular complexity index is 700. The van der Waals surface area contributed by atoms with Gasteiger partial charge in [0.05, 0.1) is 14.7 Å². The van der Waals surface area contributed by atoms with Crippen LogP contribution < -0.4 is 0 Å². The van der Waals surface area contributed by atoms with E-state index in [0.717, 1.165) is 11.3 Å². The number of hydrogen-bond acceptors (Lipinski definition) is 4. The number of carbonyl (C=O) groups excluding carboxylic acids is 1. The van der Waals surface area contributed by atoms with Crippen molar-refractivity contribution in [2.24, 2.45) is 0 Å². The lowest BCUT2D eigenvalue weighted by molar-refractivity contribution is 0.0992. The fourth-order valence-electron chi connectivity index (χ4n) is 1.53. The predicted molar refractivity (Wildman–Crippen MR) is 75.8 cm³/mol. The summed E-state index contributed by atoms with van der Waals surface area (Å²) in [5.74, 6) is -0.0532. The van der Waals surface area contributed by atoms with Gasteiger partial charge in [-0.15, -0.1) is 11.3 Å². The topological polar surface area (TPSA) is 51.2 Å². The first kappa shape index (κ1) is 14.2. The van der Waals surface area contributed by atoms with Gasteiger partial charge in [-0.3, -0.25) is 4.79 Å². The third-order valence-electron chi connectivity index (χ3n) is 2.61. The molecule has 0 aliphatic rings.